The van der Waals surface area contributed by atoms with Crippen LogP contribution < -0.4 is 14.8 Å². The molecule has 0 aliphatic carbocycles. The van der Waals surface area contributed by atoms with Crippen LogP contribution in [0.1, 0.15) is 13.8 Å². The molecular formula is C19H23ClN2O4S2. The number of anilines is 1. The van der Waals surface area contributed by atoms with Crippen molar-refractivity contribution in [3.05, 3.63) is 53.6 Å². The summed E-state index contributed by atoms with van der Waals surface area (Å²) in [6, 6.07) is 13.9. The van der Waals surface area contributed by atoms with Crippen LogP contribution in [0.4, 0.5) is 5.69 Å². The highest BCUT2D eigenvalue weighted by Gasteiger charge is 2.16. The normalized spacial score (nSPS) is 11.3. The molecule has 0 saturated carbocycles. The number of sulfonamides is 1. The van der Waals surface area contributed by atoms with Gasteiger partial charge in [0.2, 0.25) is 15.9 Å². The number of hydrogen-bond acceptors (Lipinski definition) is 5. The van der Waals surface area contributed by atoms with E-state index in [2.05, 4.69) is 10.0 Å². The summed E-state index contributed by atoms with van der Waals surface area (Å²) < 4.78 is 32.2. The van der Waals surface area contributed by atoms with Crippen LogP contribution in [-0.2, 0) is 14.8 Å². The topological polar surface area (TPSA) is 84.5 Å². The van der Waals surface area contributed by atoms with Crippen LogP contribution in [0.25, 0.3) is 0 Å². The summed E-state index contributed by atoms with van der Waals surface area (Å²) in [5.41, 5.74) is 0.377. The van der Waals surface area contributed by atoms with Crippen molar-refractivity contribution in [1.29, 1.82) is 0 Å². The molecular weight excluding hydrogens is 420 g/mol. The molecule has 0 heterocycles. The first-order valence-corrected chi connectivity index (χ1v) is 11.7. The SMILES string of the molecule is CC(C)Oc1ccc(NS(=O)(=O)CC(=O)NCCSc2ccc(Cl)cc2)cc1. The Morgan fingerprint density at radius 1 is 1.11 bits per heavy atom. The Labute approximate surface area is 175 Å². The summed E-state index contributed by atoms with van der Waals surface area (Å²) in [5, 5.41) is 3.28. The number of carbonyl (C=O) groups is 1. The first-order chi connectivity index (χ1) is 13.2. The Hall–Kier alpha value is -1.90. The van der Waals surface area contributed by atoms with Gasteiger partial charge in [0.15, 0.2) is 0 Å². The molecule has 0 bridgehead atoms. The van der Waals surface area contributed by atoms with Crippen molar-refractivity contribution < 1.29 is 17.9 Å². The number of nitrogens with one attached hydrogen (secondary N) is 2. The second-order valence-electron chi connectivity index (χ2n) is 6.20. The van der Waals surface area contributed by atoms with Crippen LogP contribution >= 0.6 is 23.4 Å². The monoisotopic (exact) mass is 442 g/mol. The van der Waals surface area contributed by atoms with Crippen molar-refractivity contribution in [2.75, 3.05) is 22.8 Å². The van der Waals surface area contributed by atoms with Gasteiger partial charge in [-0.3, -0.25) is 9.52 Å². The zero-order valence-electron chi connectivity index (χ0n) is 15.6. The molecule has 1 amide bonds. The second-order valence-corrected chi connectivity index (χ2v) is 9.53. The van der Waals surface area contributed by atoms with Crippen LogP contribution in [-0.4, -0.2) is 38.5 Å². The van der Waals surface area contributed by atoms with E-state index in [0.717, 1.165) is 4.90 Å². The van der Waals surface area contributed by atoms with E-state index in [4.69, 9.17) is 16.3 Å². The minimum atomic E-state index is -3.79. The van der Waals surface area contributed by atoms with E-state index in [1.165, 1.54) is 0 Å². The van der Waals surface area contributed by atoms with Crippen LogP contribution in [0.15, 0.2) is 53.4 Å². The quantitative estimate of drug-likeness (QED) is 0.432. The molecule has 9 heteroatoms. The number of thioether (sulfide) groups is 1. The Morgan fingerprint density at radius 3 is 2.36 bits per heavy atom. The molecule has 2 aromatic rings. The number of rotatable bonds is 10. The zero-order valence-corrected chi connectivity index (χ0v) is 18.0. The summed E-state index contributed by atoms with van der Waals surface area (Å²) in [7, 11) is -3.79. The lowest BCUT2D eigenvalue weighted by Gasteiger charge is -2.11. The standard InChI is InChI=1S/C19H23ClN2O4S2/c1-14(2)26-17-7-5-16(6-8-17)22-28(24,25)13-19(23)21-11-12-27-18-9-3-15(20)4-10-18/h3-10,14,22H,11-13H2,1-2H3,(H,21,23). The third-order valence-corrected chi connectivity index (χ3v) is 5.78. The van der Waals surface area contributed by atoms with Crippen molar-refractivity contribution >= 4 is 45.0 Å². The van der Waals surface area contributed by atoms with Gasteiger partial charge in [0.05, 0.1) is 6.10 Å². The molecule has 2 N–H and O–H groups in total. The molecule has 152 valence electrons. The lowest BCUT2D eigenvalue weighted by molar-refractivity contribution is -0.118. The van der Waals surface area contributed by atoms with E-state index in [1.54, 1.807) is 48.2 Å². The zero-order chi connectivity index (χ0) is 20.6. The summed E-state index contributed by atoms with van der Waals surface area (Å²) in [5.74, 6) is 0.0823. The van der Waals surface area contributed by atoms with Gasteiger partial charge in [-0.15, -0.1) is 11.8 Å². The van der Waals surface area contributed by atoms with Gasteiger partial charge in [0, 0.05) is 27.9 Å². The maximum absolute atomic E-state index is 12.1. The highest BCUT2D eigenvalue weighted by molar-refractivity contribution is 7.99. The molecule has 0 unspecified atom stereocenters. The minimum absolute atomic E-state index is 0.0316. The van der Waals surface area contributed by atoms with E-state index in [1.807, 2.05) is 26.0 Å². The van der Waals surface area contributed by atoms with E-state index in [0.29, 0.717) is 28.8 Å². The summed E-state index contributed by atoms with van der Waals surface area (Å²) in [6.45, 7) is 4.18. The highest BCUT2D eigenvalue weighted by atomic mass is 35.5. The number of benzene rings is 2. The first kappa shape index (κ1) is 22.4. The van der Waals surface area contributed by atoms with E-state index >= 15 is 0 Å². The maximum Gasteiger partial charge on any atom is 0.241 e. The Kier molecular flexibility index (Phi) is 8.47. The molecule has 0 aliphatic heterocycles. The van der Waals surface area contributed by atoms with Gasteiger partial charge in [-0.05, 0) is 62.4 Å². The van der Waals surface area contributed by atoms with Crippen molar-refractivity contribution in [3.8, 4) is 5.75 Å². The van der Waals surface area contributed by atoms with Crippen molar-refractivity contribution in [2.45, 2.75) is 24.8 Å². The second kappa shape index (κ2) is 10.6. The molecule has 0 aromatic heterocycles. The van der Waals surface area contributed by atoms with E-state index < -0.39 is 21.7 Å². The molecule has 28 heavy (non-hydrogen) atoms. The largest absolute Gasteiger partial charge is 0.491 e. The van der Waals surface area contributed by atoms with Crippen LogP contribution in [0.5, 0.6) is 5.75 Å². The molecule has 6 nitrogen and oxygen atoms in total. The predicted octanol–water partition coefficient (Wildman–Crippen LogP) is 3.78. The fraction of sp³-hybridized carbons (Fsp3) is 0.316. The molecule has 0 radical (unpaired) electrons. The fourth-order valence-corrected chi connectivity index (χ4v) is 4.11. The number of hydrogen-bond donors (Lipinski definition) is 2. The van der Waals surface area contributed by atoms with Gasteiger partial charge in [0.1, 0.15) is 11.5 Å². The Balaban J connectivity index is 1.74. The smallest absolute Gasteiger partial charge is 0.241 e. The van der Waals surface area contributed by atoms with Crippen molar-refractivity contribution in [1.82, 2.24) is 5.32 Å². The molecule has 0 spiro atoms. The number of ether oxygens (including phenoxy) is 1. The lowest BCUT2D eigenvalue weighted by Crippen LogP contribution is -2.34. The third-order valence-electron chi connectivity index (χ3n) is 3.33. The van der Waals surface area contributed by atoms with Gasteiger partial charge >= 0.3 is 0 Å². The fourth-order valence-electron chi connectivity index (χ4n) is 2.20. The summed E-state index contributed by atoms with van der Waals surface area (Å²) in [4.78, 5) is 12.9. The van der Waals surface area contributed by atoms with Gasteiger partial charge in [0.25, 0.3) is 0 Å². The molecule has 0 saturated heterocycles. The molecule has 0 fully saturated rings. The first-order valence-electron chi connectivity index (χ1n) is 8.66. The lowest BCUT2D eigenvalue weighted by atomic mass is 10.3. The summed E-state index contributed by atoms with van der Waals surface area (Å²) >= 11 is 7.37. The van der Waals surface area contributed by atoms with Gasteiger partial charge < -0.3 is 10.1 Å². The summed E-state index contributed by atoms with van der Waals surface area (Å²) in [6.07, 6.45) is 0.0316. The predicted molar refractivity (Wildman–Crippen MR) is 115 cm³/mol. The van der Waals surface area contributed by atoms with E-state index in [-0.39, 0.29) is 6.10 Å². The number of amides is 1. The van der Waals surface area contributed by atoms with Gasteiger partial charge in [-0.25, -0.2) is 8.42 Å². The average Bonchev–Trinajstić information content (AvgIpc) is 2.61. The van der Waals surface area contributed by atoms with Crippen LogP contribution in [0.3, 0.4) is 0 Å². The average molecular weight is 443 g/mol. The van der Waals surface area contributed by atoms with Crippen LogP contribution in [0, 0.1) is 0 Å². The molecule has 0 aliphatic rings. The van der Waals surface area contributed by atoms with Gasteiger partial charge in [-0.1, -0.05) is 11.6 Å². The molecule has 2 rings (SSSR count). The number of halogens is 1. The van der Waals surface area contributed by atoms with Gasteiger partial charge in [-0.2, -0.15) is 0 Å². The Bertz CT molecular complexity index is 870. The highest BCUT2D eigenvalue weighted by Crippen LogP contribution is 2.20. The van der Waals surface area contributed by atoms with Crippen molar-refractivity contribution in [3.63, 3.8) is 0 Å². The Morgan fingerprint density at radius 2 is 1.75 bits per heavy atom. The minimum Gasteiger partial charge on any atom is -0.491 e. The van der Waals surface area contributed by atoms with E-state index in [9.17, 15) is 13.2 Å². The van der Waals surface area contributed by atoms with Crippen molar-refractivity contribution in [2.24, 2.45) is 0 Å². The number of carbonyl (C=O) groups excluding carboxylic acids is 1. The van der Waals surface area contributed by atoms with Crippen LogP contribution in [0.2, 0.25) is 5.02 Å². The molecule has 2 aromatic carbocycles. The molecule has 0 atom stereocenters. The maximum atomic E-state index is 12.1. The third kappa shape index (κ3) is 8.41.